The normalized spacial score (nSPS) is 25.4. The molecular formula is C15H24N2. The van der Waals surface area contributed by atoms with E-state index in [0.29, 0.717) is 12.0 Å². The van der Waals surface area contributed by atoms with Crippen molar-refractivity contribution in [1.82, 2.24) is 4.90 Å². The SMILES string of the molecule is CCc1ccc(C)cc1C1CC(CN)CN1C. The molecule has 2 rings (SSSR count). The first-order valence-electron chi connectivity index (χ1n) is 6.65. The lowest BCUT2D eigenvalue weighted by Gasteiger charge is -2.22. The summed E-state index contributed by atoms with van der Waals surface area (Å²) >= 11 is 0. The molecule has 17 heavy (non-hydrogen) atoms. The topological polar surface area (TPSA) is 29.3 Å². The molecule has 1 saturated heterocycles. The van der Waals surface area contributed by atoms with Crippen LogP contribution in [0, 0.1) is 12.8 Å². The van der Waals surface area contributed by atoms with Crippen molar-refractivity contribution in [2.24, 2.45) is 11.7 Å². The lowest BCUT2D eigenvalue weighted by Crippen LogP contribution is -2.21. The summed E-state index contributed by atoms with van der Waals surface area (Å²) in [4.78, 5) is 2.46. The minimum absolute atomic E-state index is 0.568. The van der Waals surface area contributed by atoms with E-state index >= 15 is 0 Å². The van der Waals surface area contributed by atoms with Crippen LogP contribution in [0.2, 0.25) is 0 Å². The van der Waals surface area contributed by atoms with Gasteiger partial charge in [0.1, 0.15) is 0 Å². The summed E-state index contributed by atoms with van der Waals surface area (Å²) in [5.74, 6) is 0.662. The van der Waals surface area contributed by atoms with Crippen molar-refractivity contribution in [3.63, 3.8) is 0 Å². The largest absolute Gasteiger partial charge is 0.330 e. The molecule has 1 aliphatic rings. The molecule has 0 saturated carbocycles. The van der Waals surface area contributed by atoms with Crippen molar-refractivity contribution >= 4 is 0 Å². The lowest BCUT2D eigenvalue weighted by atomic mass is 9.93. The highest BCUT2D eigenvalue weighted by Gasteiger charge is 2.30. The molecule has 2 heteroatoms. The Balaban J connectivity index is 2.30. The highest BCUT2D eigenvalue weighted by atomic mass is 15.2. The Hall–Kier alpha value is -0.860. The van der Waals surface area contributed by atoms with Crippen molar-refractivity contribution in [1.29, 1.82) is 0 Å². The predicted octanol–water partition coefficient (Wildman–Crippen LogP) is 2.51. The van der Waals surface area contributed by atoms with Crippen molar-refractivity contribution in [3.05, 3.63) is 34.9 Å². The van der Waals surface area contributed by atoms with Gasteiger partial charge in [-0.25, -0.2) is 0 Å². The highest BCUT2D eigenvalue weighted by Crippen LogP contribution is 2.35. The van der Waals surface area contributed by atoms with Crippen molar-refractivity contribution < 1.29 is 0 Å². The molecule has 2 N–H and O–H groups in total. The van der Waals surface area contributed by atoms with E-state index in [1.54, 1.807) is 0 Å². The monoisotopic (exact) mass is 232 g/mol. The molecule has 1 heterocycles. The molecule has 94 valence electrons. The predicted molar refractivity (Wildman–Crippen MR) is 73.1 cm³/mol. The zero-order valence-corrected chi connectivity index (χ0v) is 11.2. The second-order valence-electron chi connectivity index (χ2n) is 5.35. The van der Waals surface area contributed by atoms with Crippen LogP contribution in [0.5, 0.6) is 0 Å². The van der Waals surface area contributed by atoms with E-state index in [9.17, 15) is 0 Å². The second kappa shape index (κ2) is 5.19. The molecule has 1 aliphatic heterocycles. The van der Waals surface area contributed by atoms with E-state index in [0.717, 1.165) is 19.5 Å². The molecule has 0 aromatic heterocycles. The fourth-order valence-electron chi connectivity index (χ4n) is 2.99. The first-order valence-corrected chi connectivity index (χ1v) is 6.65. The molecule has 0 amide bonds. The molecule has 0 radical (unpaired) electrons. The van der Waals surface area contributed by atoms with Gasteiger partial charge in [0.05, 0.1) is 0 Å². The smallest absolute Gasteiger partial charge is 0.0351 e. The van der Waals surface area contributed by atoms with Crippen LogP contribution in [0.15, 0.2) is 18.2 Å². The Bertz CT molecular complexity index is 387. The summed E-state index contributed by atoms with van der Waals surface area (Å²) < 4.78 is 0. The number of hydrogen-bond acceptors (Lipinski definition) is 2. The summed E-state index contributed by atoms with van der Waals surface area (Å²) in [5.41, 5.74) is 10.2. The molecule has 1 aromatic rings. The van der Waals surface area contributed by atoms with Crippen LogP contribution in [0.3, 0.4) is 0 Å². The average molecular weight is 232 g/mol. The number of rotatable bonds is 3. The Morgan fingerprint density at radius 1 is 1.41 bits per heavy atom. The van der Waals surface area contributed by atoms with Gasteiger partial charge in [0, 0.05) is 12.6 Å². The summed E-state index contributed by atoms with van der Waals surface area (Å²) in [6.45, 7) is 6.37. The van der Waals surface area contributed by atoms with E-state index in [1.165, 1.54) is 23.1 Å². The van der Waals surface area contributed by atoms with Gasteiger partial charge in [-0.2, -0.15) is 0 Å². The number of nitrogens with zero attached hydrogens (tertiary/aromatic N) is 1. The summed E-state index contributed by atoms with van der Waals surface area (Å²) in [6.07, 6.45) is 2.33. The van der Waals surface area contributed by atoms with Gasteiger partial charge in [0.15, 0.2) is 0 Å². The van der Waals surface area contributed by atoms with Crippen molar-refractivity contribution in [2.45, 2.75) is 32.7 Å². The Kier molecular flexibility index (Phi) is 3.85. The first kappa shape index (κ1) is 12.6. The Morgan fingerprint density at radius 3 is 2.76 bits per heavy atom. The van der Waals surface area contributed by atoms with Gasteiger partial charge in [-0.1, -0.05) is 30.7 Å². The quantitative estimate of drug-likeness (QED) is 0.867. The standard InChI is InChI=1S/C15H24N2/c1-4-13-6-5-11(2)7-14(13)15-8-12(9-16)10-17(15)3/h5-7,12,15H,4,8-10,16H2,1-3H3. The summed E-state index contributed by atoms with van der Waals surface area (Å²) in [7, 11) is 2.22. The van der Waals surface area contributed by atoms with Gasteiger partial charge in [-0.15, -0.1) is 0 Å². The summed E-state index contributed by atoms with van der Waals surface area (Å²) in [5, 5.41) is 0. The Morgan fingerprint density at radius 2 is 2.18 bits per heavy atom. The molecule has 1 aromatic carbocycles. The van der Waals surface area contributed by atoms with Gasteiger partial charge >= 0.3 is 0 Å². The highest BCUT2D eigenvalue weighted by molar-refractivity contribution is 5.34. The Labute approximate surface area is 105 Å². The minimum atomic E-state index is 0.568. The third-order valence-electron chi connectivity index (χ3n) is 4.01. The molecule has 0 spiro atoms. The number of benzene rings is 1. The van der Waals surface area contributed by atoms with Crippen LogP contribution < -0.4 is 5.73 Å². The maximum absolute atomic E-state index is 5.81. The fourth-order valence-corrected chi connectivity index (χ4v) is 2.99. The van der Waals surface area contributed by atoms with Gasteiger partial charge < -0.3 is 5.73 Å². The maximum atomic E-state index is 5.81. The maximum Gasteiger partial charge on any atom is 0.0351 e. The molecular weight excluding hydrogens is 208 g/mol. The molecule has 2 nitrogen and oxygen atoms in total. The van der Waals surface area contributed by atoms with E-state index in [4.69, 9.17) is 5.73 Å². The van der Waals surface area contributed by atoms with Crippen LogP contribution >= 0.6 is 0 Å². The minimum Gasteiger partial charge on any atom is -0.330 e. The molecule has 2 atom stereocenters. The number of nitrogens with two attached hydrogens (primary N) is 1. The van der Waals surface area contributed by atoms with Crippen LogP contribution in [0.4, 0.5) is 0 Å². The van der Waals surface area contributed by atoms with E-state index in [-0.39, 0.29) is 0 Å². The average Bonchev–Trinajstić information content (AvgIpc) is 2.70. The van der Waals surface area contributed by atoms with E-state index in [1.807, 2.05) is 0 Å². The van der Waals surface area contributed by atoms with Crippen LogP contribution in [-0.4, -0.2) is 25.0 Å². The van der Waals surface area contributed by atoms with E-state index in [2.05, 4.69) is 44.0 Å². The van der Waals surface area contributed by atoms with Crippen LogP contribution in [0.1, 0.15) is 36.1 Å². The fraction of sp³-hybridized carbons (Fsp3) is 0.600. The van der Waals surface area contributed by atoms with E-state index < -0.39 is 0 Å². The van der Waals surface area contributed by atoms with Crippen LogP contribution in [-0.2, 0) is 6.42 Å². The zero-order valence-electron chi connectivity index (χ0n) is 11.2. The molecule has 2 unspecified atom stereocenters. The third kappa shape index (κ3) is 2.53. The lowest BCUT2D eigenvalue weighted by molar-refractivity contribution is 0.312. The van der Waals surface area contributed by atoms with Crippen molar-refractivity contribution in [3.8, 4) is 0 Å². The number of likely N-dealkylation sites (tertiary alicyclic amines) is 1. The first-order chi connectivity index (χ1) is 8.15. The second-order valence-corrected chi connectivity index (χ2v) is 5.35. The molecule has 1 fully saturated rings. The molecule has 0 aliphatic carbocycles. The molecule has 0 bridgehead atoms. The summed E-state index contributed by atoms with van der Waals surface area (Å²) in [6, 6.07) is 7.43. The third-order valence-corrected chi connectivity index (χ3v) is 4.01. The van der Waals surface area contributed by atoms with Crippen molar-refractivity contribution in [2.75, 3.05) is 20.1 Å². The van der Waals surface area contributed by atoms with Gasteiger partial charge in [0.2, 0.25) is 0 Å². The zero-order chi connectivity index (χ0) is 12.4. The van der Waals surface area contributed by atoms with Gasteiger partial charge in [0.25, 0.3) is 0 Å². The number of aryl methyl sites for hydroxylation is 2. The number of hydrogen-bond donors (Lipinski definition) is 1. The van der Waals surface area contributed by atoms with Gasteiger partial charge in [-0.3, -0.25) is 4.90 Å². The van der Waals surface area contributed by atoms with Gasteiger partial charge in [-0.05, 0) is 50.4 Å². The van der Waals surface area contributed by atoms with Crippen LogP contribution in [0.25, 0.3) is 0 Å².